The number of nitrogens with zero attached hydrogens (tertiary/aromatic N) is 3. The van der Waals surface area contributed by atoms with Gasteiger partial charge in [-0.1, -0.05) is 18.2 Å². The number of esters is 3. The molecule has 0 fully saturated rings. The molecule has 0 saturated heterocycles. The van der Waals surface area contributed by atoms with Crippen molar-refractivity contribution in [1.29, 1.82) is 0 Å². The Morgan fingerprint density at radius 2 is 0.684 bits per heavy atom. The Kier molecular flexibility index (Phi) is 17.1. The van der Waals surface area contributed by atoms with E-state index in [0.717, 1.165) is 16.7 Å². The van der Waals surface area contributed by atoms with Crippen LogP contribution in [0.2, 0.25) is 0 Å². The molecule has 306 valence electrons. The lowest BCUT2D eigenvalue weighted by molar-refractivity contribution is -0.143. The number of hydrogen-bond acceptors (Lipinski definition) is 18. The molecule has 0 spiro atoms. The molecule has 0 unspecified atom stereocenters. The van der Waals surface area contributed by atoms with Crippen LogP contribution in [0.3, 0.4) is 0 Å². The highest BCUT2D eigenvalue weighted by atomic mass is 16.6. The van der Waals surface area contributed by atoms with Crippen LogP contribution in [-0.4, -0.2) is 95.7 Å². The second-order valence-corrected chi connectivity index (χ2v) is 11.9. The van der Waals surface area contributed by atoms with E-state index >= 15 is 0 Å². The van der Waals surface area contributed by atoms with Crippen molar-refractivity contribution in [2.75, 3.05) is 78.8 Å². The third-order valence-electron chi connectivity index (χ3n) is 8.22. The van der Waals surface area contributed by atoms with Crippen molar-refractivity contribution < 1.29 is 57.0 Å². The molecular formula is C39H48N6O12. The average Bonchev–Trinajstić information content (AvgIpc) is 3.23. The van der Waals surface area contributed by atoms with Gasteiger partial charge in [-0.05, 0) is 72.4 Å². The summed E-state index contributed by atoms with van der Waals surface area (Å²) in [5, 5.41) is 8.47. The molecule has 3 aromatic carbocycles. The summed E-state index contributed by atoms with van der Waals surface area (Å²) in [5.41, 5.74) is 2.60. The van der Waals surface area contributed by atoms with Crippen LogP contribution in [0.1, 0.15) is 36.0 Å². The van der Waals surface area contributed by atoms with E-state index < -0.39 is 17.9 Å². The summed E-state index contributed by atoms with van der Waals surface area (Å²) in [6, 6.07) is 16.2. The summed E-state index contributed by atoms with van der Waals surface area (Å²) in [7, 11) is 9.26. The molecule has 1 heterocycles. The lowest BCUT2D eigenvalue weighted by Crippen LogP contribution is -2.19. The maximum Gasteiger partial charge on any atom is 0.307 e. The van der Waals surface area contributed by atoms with Crippen LogP contribution in [0.15, 0.2) is 54.6 Å². The second-order valence-electron chi connectivity index (χ2n) is 11.9. The maximum atomic E-state index is 12.5. The van der Waals surface area contributed by atoms with Crippen LogP contribution >= 0.6 is 0 Å². The Morgan fingerprint density at radius 1 is 0.421 bits per heavy atom. The van der Waals surface area contributed by atoms with E-state index in [9.17, 15) is 14.4 Å². The zero-order chi connectivity index (χ0) is 41.0. The normalized spacial score (nSPS) is 10.4. The SMILES string of the molecule is COc1ccc(CCC(=O)OCNc2nc(NCOC(=O)CCc3ccc(OC)c(OC)c3)nc(NCOC(=O)CCc3ccc(OC)c(OC)c3)n2)cc1OC. The van der Waals surface area contributed by atoms with Gasteiger partial charge in [0.1, 0.15) is 0 Å². The second kappa shape index (κ2) is 22.6. The van der Waals surface area contributed by atoms with Crippen molar-refractivity contribution in [1.82, 2.24) is 15.0 Å². The summed E-state index contributed by atoms with van der Waals surface area (Å²) in [6.45, 7) is -0.780. The Labute approximate surface area is 330 Å². The number of methoxy groups -OCH3 is 6. The van der Waals surface area contributed by atoms with Crippen molar-refractivity contribution in [2.24, 2.45) is 0 Å². The maximum absolute atomic E-state index is 12.5. The van der Waals surface area contributed by atoms with Crippen molar-refractivity contribution in [3.05, 3.63) is 71.3 Å². The van der Waals surface area contributed by atoms with Gasteiger partial charge in [-0.15, -0.1) is 0 Å². The van der Waals surface area contributed by atoms with Gasteiger partial charge in [0.2, 0.25) is 17.8 Å². The minimum absolute atomic E-state index is 0.0160. The Morgan fingerprint density at radius 3 is 0.930 bits per heavy atom. The van der Waals surface area contributed by atoms with Crippen LogP contribution < -0.4 is 44.4 Å². The van der Waals surface area contributed by atoms with E-state index in [-0.39, 0.29) is 57.3 Å². The number of hydrogen-bond donors (Lipinski definition) is 3. The van der Waals surface area contributed by atoms with Gasteiger partial charge in [0.15, 0.2) is 54.7 Å². The first-order valence-corrected chi connectivity index (χ1v) is 17.8. The fourth-order valence-corrected chi connectivity index (χ4v) is 5.22. The van der Waals surface area contributed by atoms with E-state index in [1.807, 2.05) is 18.2 Å². The molecule has 0 saturated carbocycles. The Balaban J connectivity index is 1.31. The number of aromatic nitrogens is 3. The lowest BCUT2D eigenvalue weighted by Gasteiger charge is -2.13. The number of carbonyl (C=O) groups is 3. The van der Waals surface area contributed by atoms with E-state index in [4.69, 9.17) is 42.6 Å². The van der Waals surface area contributed by atoms with Crippen molar-refractivity contribution in [3.63, 3.8) is 0 Å². The quantitative estimate of drug-likeness (QED) is 0.0505. The first-order chi connectivity index (χ1) is 27.7. The minimum atomic E-state index is -0.469. The summed E-state index contributed by atoms with van der Waals surface area (Å²) >= 11 is 0. The molecule has 4 aromatic rings. The topological polar surface area (TPSA) is 209 Å². The summed E-state index contributed by atoms with van der Waals surface area (Å²) in [5.74, 6) is 2.07. The zero-order valence-corrected chi connectivity index (χ0v) is 32.8. The van der Waals surface area contributed by atoms with Crippen molar-refractivity contribution in [3.8, 4) is 34.5 Å². The molecule has 0 aliphatic carbocycles. The highest BCUT2D eigenvalue weighted by Gasteiger charge is 2.13. The highest BCUT2D eigenvalue weighted by molar-refractivity contribution is 5.71. The van der Waals surface area contributed by atoms with Crippen LogP contribution in [0.25, 0.3) is 0 Å². The van der Waals surface area contributed by atoms with Gasteiger partial charge in [-0.2, -0.15) is 15.0 Å². The van der Waals surface area contributed by atoms with Crippen LogP contribution in [0, 0.1) is 0 Å². The monoisotopic (exact) mass is 792 g/mol. The number of nitrogens with one attached hydrogen (secondary N) is 3. The zero-order valence-electron chi connectivity index (χ0n) is 32.8. The Hall–Kier alpha value is -6.72. The van der Waals surface area contributed by atoms with Gasteiger partial charge in [0.25, 0.3) is 0 Å². The van der Waals surface area contributed by atoms with Crippen LogP contribution in [0.5, 0.6) is 34.5 Å². The number of aryl methyl sites for hydroxylation is 3. The molecule has 18 heteroatoms. The summed E-state index contributed by atoms with van der Waals surface area (Å²) in [4.78, 5) is 50.4. The number of carbonyl (C=O) groups excluding carboxylic acids is 3. The molecule has 3 N–H and O–H groups in total. The standard InChI is InChI=1S/C39H48N6O12/c1-49-28-13-7-25(19-31(28)52-4)10-16-34(46)55-22-40-37-43-38(41-23-56-35(47)17-11-26-8-14-29(50-2)32(20-26)53-5)45-39(44-37)42-24-57-36(48)18-12-27-9-15-30(51-3)33(21-27)54-6/h7-9,13-15,19-21H,10-12,16-18,22-24H2,1-6H3,(H3,40,41,42,43,44,45). The number of anilines is 3. The first-order valence-electron chi connectivity index (χ1n) is 17.8. The third kappa shape index (κ3) is 13.8. The largest absolute Gasteiger partial charge is 0.493 e. The van der Waals surface area contributed by atoms with E-state index in [1.165, 1.54) is 21.3 Å². The van der Waals surface area contributed by atoms with Gasteiger partial charge in [-0.3, -0.25) is 14.4 Å². The molecule has 0 aliphatic rings. The summed E-state index contributed by atoms with van der Waals surface area (Å²) in [6.07, 6.45) is 1.53. The smallest absolute Gasteiger partial charge is 0.307 e. The molecule has 18 nitrogen and oxygen atoms in total. The first kappa shape index (κ1) is 43.0. The molecule has 0 amide bonds. The van der Waals surface area contributed by atoms with Crippen LogP contribution in [0.4, 0.5) is 17.8 Å². The fourth-order valence-electron chi connectivity index (χ4n) is 5.22. The molecular weight excluding hydrogens is 744 g/mol. The number of ether oxygens (including phenoxy) is 9. The van der Waals surface area contributed by atoms with Gasteiger partial charge < -0.3 is 58.6 Å². The van der Waals surface area contributed by atoms with Crippen LogP contribution in [-0.2, 0) is 47.9 Å². The lowest BCUT2D eigenvalue weighted by atomic mass is 10.1. The van der Waals surface area contributed by atoms with Gasteiger partial charge in [0.05, 0.1) is 42.7 Å². The predicted octanol–water partition coefficient (Wildman–Crippen LogP) is 4.56. The van der Waals surface area contributed by atoms with Crippen molar-refractivity contribution >= 4 is 35.8 Å². The Bertz CT molecular complexity index is 1720. The molecule has 1 aromatic heterocycles. The van der Waals surface area contributed by atoms with E-state index in [2.05, 4.69) is 30.9 Å². The minimum Gasteiger partial charge on any atom is -0.493 e. The average molecular weight is 793 g/mol. The molecule has 4 rings (SSSR count). The van der Waals surface area contributed by atoms with Gasteiger partial charge >= 0.3 is 17.9 Å². The number of benzene rings is 3. The molecule has 57 heavy (non-hydrogen) atoms. The predicted molar refractivity (Wildman–Crippen MR) is 207 cm³/mol. The van der Waals surface area contributed by atoms with Gasteiger partial charge in [0, 0.05) is 19.3 Å². The molecule has 0 aliphatic heterocycles. The third-order valence-corrected chi connectivity index (χ3v) is 8.22. The van der Waals surface area contributed by atoms with Gasteiger partial charge in [-0.25, -0.2) is 0 Å². The molecule has 0 bridgehead atoms. The molecule has 0 radical (unpaired) electrons. The summed E-state index contributed by atoms with van der Waals surface area (Å²) < 4.78 is 47.8. The van der Waals surface area contributed by atoms with Crippen molar-refractivity contribution in [2.45, 2.75) is 38.5 Å². The van der Waals surface area contributed by atoms with E-state index in [0.29, 0.717) is 53.8 Å². The fraction of sp³-hybridized carbons (Fsp3) is 0.385. The highest BCUT2D eigenvalue weighted by Crippen LogP contribution is 2.30. The van der Waals surface area contributed by atoms with E-state index in [1.54, 1.807) is 57.7 Å². The molecule has 0 atom stereocenters. The number of rotatable bonds is 24.